The standard InChI is InChI=1S/C7H16N2O3S.ClH.H3N/c1-7(5-8)6-9(3-4-12-7)13(2,10)11;;/h3-6,8H2,1-2H3;1H;1H3. The Bertz CT molecular complexity index is 285. The van der Waals surface area contributed by atoms with Crippen LogP contribution in [0.3, 0.4) is 0 Å². The van der Waals surface area contributed by atoms with E-state index in [1.165, 1.54) is 10.6 Å². The molecule has 0 saturated carbocycles. The van der Waals surface area contributed by atoms with Gasteiger partial charge in [0.15, 0.2) is 0 Å². The van der Waals surface area contributed by atoms with Crippen LogP contribution in [0.15, 0.2) is 0 Å². The molecule has 1 fully saturated rings. The van der Waals surface area contributed by atoms with Gasteiger partial charge in [-0.05, 0) is 6.92 Å². The molecule has 1 saturated heterocycles. The van der Waals surface area contributed by atoms with Crippen molar-refractivity contribution in [3.05, 3.63) is 0 Å². The van der Waals surface area contributed by atoms with Crippen LogP contribution < -0.4 is 11.9 Å². The van der Waals surface area contributed by atoms with Crippen LogP contribution in [0.25, 0.3) is 0 Å². The first-order valence-corrected chi connectivity index (χ1v) is 6.01. The Hall–Kier alpha value is 0.0800. The van der Waals surface area contributed by atoms with Crippen molar-refractivity contribution in [2.45, 2.75) is 12.5 Å². The number of nitrogens with zero attached hydrogens (tertiary/aromatic N) is 1. The maximum Gasteiger partial charge on any atom is 0.211 e. The molecule has 1 aliphatic rings. The van der Waals surface area contributed by atoms with Gasteiger partial charge in [-0.3, -0.25) is 0 Å². The Labute approximate surface area is 97.2 Å². The number of nitrogens with two attached hydrogens (primary N) is 1. The Morgan fingerprint density at radius 1 is 1.53 bits per heavy atom. The summed E-state index contributed by atoms with van der Waals surface area (Å²) in [7, 11) is -3.11. The van der Waals surface area contributed by atoms with Crippen LogP contribution in [0, 0.1) is 0 Å². The highest BCUT2D eigenvalue weighted by Gasteiger charge is 2.34. The summed E-state index contributed by atoms with van der Waals surface area (Å²) in [4.78, 5) is 0. The number of ether oxygens (including phenoxy) is 1. The SMILES string of the molecule is CC1(CN)CN(S(C)(=O)=O)CCO1.Cl.N. The smallest absolute Gasteiger partial charge is 0.211 e. The third kappa shape index (κ3) is 4.62. The molecule has 0 aromatic heterocycles. The number of rotatable bonds is 2. The van der Waals surface area contributed by atoms with E-state index in [2.05, 4.69) is 0 Å². The maximum absolute atomic E-state index is 11.2. The fraction of sp³-hybridized carbons (Fsp3) is 1.00. The van der Waals surface area contributed by atoms with Gasteiger partial charge in [-0.25, -0.2) is 8.42 Å². The summed E-state index contributed by atoms with van der Waals surface area (Å²) in [6.07, 6.45) is 1.20. The molecular formula is C7H20ClN3O3S. The molecule has 6 nitrogen and oxygen atoms in total. The first-order chi connectivity index (χ1) is 5.87. The van der Waals surface area contributed by atoms with Gasteiger partial charge in [0.2, 0.25) is 10.0 Å². The van der Waals surface area contributed by atoms with Crippen LogP contribution in [0.1, 0.15) is 6.92 Å². The van der Waals surface area contributed by atoms with E-state index in [0.717, 1.165) is 0 Å². The van der Waals surface area contributed by atoms with Gasteiger partial charge in [-0.2, -0.15) is 4.31 Å². The second kappa shape index (κ2) is 5.97. The average molecular weight is 262 g/mol. The lowest BCUT2D eigenvalue weighted by molar-refractivity contribution is -0.0700. The molecule has 0 amide bonds. The summed E-state index contributed by atoms with van der Waals surface area (Å²) in [5, 5.41) is 0. The van der Waals surface area contributed by atoms with E-state index in [-0.39, 0.29) is 18.6 Å². The second-order valence-electron chi connectivity index (χ2n) is 3.60. The molecule has 0 radical (unpaired) electrons. The van der Waals surface area contributed by atoms with Crippen molar-refractivity contribution in [3.63, 3.8) is 0 Å². The van der Waals surface area contributed by atoms with Crippen LogP contribution in [0.4, 0.5) is 0 Å². The molecule has 0 aromatic carbocycles. The summed E-state index contributed by atoms with van der Waals surface area (Å²) < 4.78 is 29.3. The van der Waals surface area contributed by atoms with Crippen molar-refractivity contribution in [1.29, 1.82) is 0 Å². The topological polar surface area (TPSA) is 108 Å². The van der Waals surface area contributed by atoms with Crippen molar-refractivity contribution in [2.24, 2.45) is 5.73 Å². The highest BCUT2D eigenvalue weighted by molar-refractivity contribution is 7.88. The molecule has 1 rings (SSSR count). The minimum Gasteiger partial charge on any atom is -0.371 e. The Morgan fingerprint density at radius 3 is 2.47 bits per heavy atom. The van der Waals surface area contributed by atoms with Gasteiger partial charge in [0.25, 0.3) is 0 Å². The molecule has 0 aromatic rings. The molecule has 15 heavy (non-hydrogen) atoms. The van der Waals surface area contributed by atoms with E-state index >= 15 is 0 Å². The monoisotopic (exact) mass is 261 g/mol. The lowest BCUT2D eigenvalue weighted by Crippen LogP contribution is -2.55. The van der Waals surface area contributed by atoms with Crippen molar-refractivity contribution in [1.82, 2.24) is 10.5 Å². The molecule has 1 atom stereocenters. The molecule has 0 aliphatic carbocycles. The molecule has 94 valence electrons. The Morgan fingerprint density at radius 2 is 2.07 bits per heavy atom. The zero-order valence-corrected chi connectivity index (χ0v) is 10.7. The van der Waals surface area contributed by atoms with Gasteiger partial charge >= 0.3 is 0 Å². The number of halogens is 1. The predicted molar refractivity (Wildman–Crippen MR) is 62.1 cm³/mol. The van der Waals surface area contributed by atoms with E-state index in [4.69, 9.17) is 10.5 Å². The van der Waals surface area contributed by atoms with Crippen LogP contribution in [-0.4, -0.2) is 50.8 Å². The molecule has 5 N–H and O–H groups in total. The minimum atomic E-state index is -3.11. The van der Waals surface area contributed by atoms with Crippen molar-refractivity contribution in [3.8, 4) is 0 Å². The van der Waals surface area contributed by atoms with E-state index in [1.807, 2.05) is 6.92 Å². The predicted octanol–water partition coefficient (Wildman–Crippen LogP) is -0.421. The van der Waals surface area contributed by atoms with Gasteiger partial charge in [0, 0.05) is 19.6 Å². The average Bonchev–Trinajstić information content (AvgIpc) is 2.03. The number of morpholine rings is 1. The van der Waals surface area contributed by atoms with E-state index in [9.17, 15) is 8.42 Å². The third-order valence-corrected chi connectivity index (χ3v) is 3.45. The van der Waals surface area contributed by atoms with E-state index in [0.29, 0.717) is 26.2 Å². The fourth-order valence-electron chi connectivity index (χ4n) is 1.30. The van der Waals surface area contributed by atoms with Crippen LogP contribution in [-0.2, 0) is 14.8 Å². The summed E-state index contributed by atoms with van der Waals surface area (Å²) in [6.45, 7) is 3.35. The first-order valence-electron chi connectivity index (χ1n) is 4.16. The van der Waals surface area contributed by atoms with Crippen LogP contribution >= 0.6 is 12.4 Å². The quantitative estimate of drug-likeness (QED) is 0.702. The van der Waals surface area contributed by atoms with E-state index in [1.54, 1.807) is 0 Å². The zero-order valence-electron chi connectivity index (χ0n) is 9.10. The Balaban J connectivity index is 0. The van der Waals surface area contributed by atoms with Crippen molar-refractivity contribution >= 4 is 22.4 Å². The van der Waals surface area contributed by atoms with Gasteiger partial charge in [-0.1, -0.05) is 0 Å². The number of sulfonamides is 1. The van der Waals surface area contributed by atoms with Crippen LogP contribution in [0.2, 0.25) is 0 Å². The lowest BCUT2D eigenvalue weighted by atomic mass is 10.1. The van der Waals surface area contributed by atoms with Crippen molar-refractivity contribution in [2.75, 3.05) is 32.5 Å². The molecule has 0 bridgehead atoms. The first kappa shape index (κ1) is 17.5. The largest absolute Gasteiger partial charge is 0.371 e. The fourth-order valence-corrected chi connectivity index (χ4v) is 2.21. The maximum atomic E-state index is 11.2. The molecule has 1 heterocycles. The van der Waals surface area contributed by atoms with Crippen LogP contribution in [0.5, 0.6) is 0 Å². The summed E-state index contributed by atoms with van der Waals surface area (Å²) in [6, 6.07) is 0. The highest BCUT2D eigenvalue weighted by Crippen LogP contribution is 2.17. The minimum absolute atomic E-state index is 0. The van der Waals surface area contributed by atoms with Gasteiger partial charge in [0.05, 0.1) is 18.5 Å². The van der Waals surface area contributed by atoms with Gasteiger partial charge in [0.1, 0.15) is 0 Å². The molecule has 1 unspecified atom stereocenters. The molecule has 1 aliphatic heterocycles. The summed E-state index contributed by atoms with van der Waals surface area (Å²) in [5.74, 6) is 0. The van der Waals surface area contributed by atoms with E-state index < -0.39 is 15.6 Å². The number of hydrogen-bond acceptors (Lipinski definition) is 5. The molecule has 0 spiro atoms. The summed E-state index contributed by atoms with van der Waals surface area (Å²) >= 11 is 0. The zero-order chi connectivity index (χ0) is 10.1. The normalized spacial score (nSPS) is 27.7. The van der Waals surface area contributed by atoms with Gasteiger partial charge < -0.3 is 16.6 Å². The summed E-state index contributed by atoms with van der Waals surface area (Å²) in [5.41, 5.74) is 4.97. The second-order valence-corrected chi connectivity index (χ2v) is 5.58. The number of hydrogen-bond donors (Lipinski definition) is 2. The molecular weight excluding hydrogens is 242 g/mol. The third-order valence-electron chi connectivity index (χ3n) is 2.20. The highest BCUT2D eigenvalue weighted by atomic mass is 35.5. The Kier molecular flexibility index (Phi) is 6.96. The van der Waals surface area contributed by atoms with Crippen molar-refractivity contribution < 1.29 is 13.2 Å². The van der Waals surface area contributed by atoms with Gasteiger partial charge in [-0.15, -0.1) is 12.4 Å². The lowest BCUT2D eigenvalue weighted by Gasteiger charge is -2.38. The molecule has 8 heteroatoms.